The molecule has 4 aromatic rings. The van der Waals surface area contributed by atoms with Crippen molar-refractivity contribution in [3.05, 3.63) is 143 Å². The van der Waals surface area contributed by atoms with Gasteiger partial charge in [0.25, 0.3) is 0 Å². The summed E-state index contributed by atoms with van der Waals surface area (Å²) < 4.78 is 13.7. The number of carbonyl (C=O) groups is 2. The number of halogens is 1. The van der Waals surface area contributed by atoms with Crippen molar-refractivity contribution in [2.75, 3.05) is 0 Å². The van der Waals surface area contributed by atoms with Gasteiger partial charge in [0.05, 0.1) is 0 Å². The van der Waals surface area contributed by atoms with E-state index in [4.69, 9.17) is 0 Å². The Kier molecular flexibility index (Phi) is 9.63. The van der Waals surface area contributed by atoms with Crippen LogP contribution >= 0.6 is 0 Å². The van der Waals surface area contributed by atoms with Crippen molar-refractivity contribution in [2.24, 2.45) is 0 Å². The molecule has 4 aromatic carbocycles. The Labute approximate surface area is 230 Å². The first-order valence-electron chi connectivity index (χ1n) is 13.4. The molecule has 0 bridgehead atoms. The predicted octanol–water partition coefficient (Wildman–Crippen LogP) is 6.51. The normalized spacial score (nSPS) is 11.8. The second kappa shape index (κ2) is 13.5. The summed E-state index contributed by atoms with van der Waals surface area (Å²) in [5.41, 5.74) is 3.78. The molecule has 0 fully saturated rings. The summed E-state index contributed by atoms with van der Waals surface area (Å²) in [6.07, 6.45) is 0.559. The summed E-state index contributed by atoms with van der Waals surface area (Å²) in [7, 11) is 0. The minimum atomic E-state index is -0.737. The molecule has 4 rings (SSSR count). The minimum Gasteiger partial charge on any atom is -0.352 e. The van der Waals surface area contributed by atoms with Crippen LogP contribution in [0.3, 0.4) is 0 Å². The summed E-state index contributed by atoms with van der Waals surface area (Å²) in [6, 6.07) is 34.9. The number of carbonyl (C=O) groups excluding carboxylic acids is 2. The van der Waals surface area contributed by atoms with E-state index in [2.05, 4.69) is 5.32 Å². The molecule has 0 spiro atoms. The predicted molar refractivity (Wildman–Crippen MR) is 154 cm³/mol. The quantitative estimate of drug-likeness (QED) is 0.244. The number of hydrogen-bond acceptors (Lipinski definition) is 2. The third-order valence-electron chi connectivity index (χ3n) is 6.75. The standard InChI is InChI=1S/C34H35FN2O2/c1-25(2)36-34(39)32(22-26-12-6-3-7-13-26)37(24-27-18-20-30(35)21-19-27)33(38)23-31(28-14-8-4-9-15-28)29-16-10-5-11-17-29/h3-21,25,31-32H,22-24H2,1-2H3,(H,36,39)/t32-/m1/s1. The third-order valence-corrected chi connectivity index (χ3v) is 6.75. The number of rotatable bonds is 11. The highest BCUT2D eigenvalue weighted by molar-refractivity contribution is 5.88. The zero-order valence-corrected chi connectivity index (χ0v) is 22.5. The lowest BCUT2D eigenvalue weighted by Crippen LogP contribution is -2.52. The van der Waals surface area contributed by atoms with Crippen LogP contribution in [-0.4, -0.2) is 28.8 Å². The molecule has 0 unspecified atom stereocenters. The lowest BCUT2D eigenvalue weighted by Gasteiger charge is -2.33. The number of benzene rings is 4. The maximum atomic E-state index is 14.3. The highest BCUT2D eigenvalue weighted by atomic mass is 19.1. The van der Waals surface area contributed by atoms with E-state index in [1.165, 1.54) is 12.1 Å². The van der Waals surface area contributed by atoms with Crippen molar-refractivity contribution in [2.45, 2.75) is 51.2 Å². The molecule has 0 aromatic heterocycles. The van der Waals surface area contributed by atoms with Crippen molar-refractivity contribution in [1.82, 2.24) is 10.2 Å². The molecular weight excluding hydrogens is 487 g/mol. The fraction of sp³-hybridized carbons (Fsp3) is 0.235. The molecule has 4 nitrogen and oxygen atoms in total. The molecule has 39 heavy (non-hydrogen) atoms. The van der Waals surface area contributed by atoms with Crippen molar-refractivity contribution in [3.8, 4) is 0 Å². The molecule has 0 saturated heterocycles. The molecule has 0 aliphatic heterocycles. The molecule has 0 heterocycles. The van der Waals surface area contributed by atoms with E-state index in [0.29, 0.717) is 6.42 Å². The Hall–Kier alpha value is -4.25. The maximum Gasteiger partial charge on any atom is 0.243 e. The van der Waals surface area contributed by atoms with E-state index < -0.39 is 6.04 Å². The van der Waals surface area contributed by atoms with Gasteiger partial charge >= 0.3 is 0 Å². The van der Waals surface area contributed by atoms with Crippen molar-refractivity contribution < 1.29 is 14.0 Å². The summed E-state index contributed by atoms with van der Waals surface area (Å²) in [4.78, 5) is 29.5. The Balaban J connectivity index is 1.73. The van der Waals surface area contributed by atoms with Crippen molar-refractivity contribution in [1.29, 1.82) is 0 Å². The molecule has 0 aliphatic rings. The topological polar surface area (TPSA) is 49.4 Å². The first-order chi connectivity index (χ1) is 18.9. The number of nitrogens with one attached hydrogen (secondary N) is 1. The van der Waals surface area contributed by atoms with Gasteiger partial charge in [-0.2, -0.15) is 0 Å². The lowest BCUT2D eigenvalue weighted by molar-refractivity contribution is -0.141. The fourth-order valence-electron chi connectivity index (χ4n) is 4.81. The first kappa shape index (κ1) is 27.8. The molecule has 1 N–H and O–H groups in total. The van der Waals surface area contributed by atoms with Crippen LogP contribution in [0.15, 0.2) is 115 Å². The van der Waals surface area contributed by atoms with Crippen molar-refractivity contribution >= 4 is 11.8 Å². The molecule has 5 heteroatoms. The SMILES string of the molecule is CC(C)NC(=O)[C@@H](Cc1ccccc1)N(Cc1ccc(F)cc1)C(=O)CC(c1ccccc1)c1ccccc1. The van der Waals surface area contributed by atoms with E-state index in [1.54, 1.807) is 17.0 Å². The van der Waals surface area contributed by atoms with E-state index >= 15 is 0 Å². The van der Waals surface area contributed by atoms with E-state index in [0.717, 1.165) is 22.3 Å². The van der Waals surface area contributed by atoms with E-state index in [1.807, 2.05) is 105 Å². The van der Waals surface area contributed by atoms with Gasteiger partial charge < -0.3 is 10.2 Å². The van der Waals surface area contributed by atoms with Gasteiger partial charge in [-0.3, -0.25) is 9.59 Å². The van der Waals surface area contributed by atoms with Crippen LogP contribution in [0.1, 0.15) is 48.4 Å². The van der Waals surface area contributed by atoms with Crippen LogP contribution < -0.4 is 5.32 Å². The summed E-state index contributed by atoms with van der Waals surface area (Å²) in [5, 5.41) is 3.02. The largest absolute Gasteiger partial charge is 0.352 e. The second-order valence-electron chi connectivity index (χ2n) is 10.1. The fourth-order valence-corrected chi connectivity index (χ4v) is 4.81. The van der Waals surface area contributed by atoms with Crippen LogP contribution in [0.25, 0.3) is 0 Å². The van der Waals surface area contributed by atoms with Gasteiger partial charge in [-0.15, -0.1) is 0 Å². The Bertz CT molecular complexity index is 1290. The molecule has 1 atom stereocenters. The maximum absolute atomic E-state index is 14.3. The van der Waals surface area contributed by atoms with Gasteiger partial charge in [-0.1, -0.05) is 103 Å². The summed E-state index contributed by atoms with van der Waals surface area (Å²) in [6.45, 7) is 4.01. The average Bonchev–Trinajstić information content (AvgIpc) is 2.95. The third kappa shape index (κ3) is 7.87. The average molecular weight is 523 g/mol. The molecular formula is C34H35FN2O2. The lowest BCUT2D eigenvalue weighted by atomic mass is 9.87. The smallest absolute Gasteiger partial charge is 0.243 e. The molecule has 2 amide bonds. The zero-order valence-electron chi connectivity index (χ0n) is 22.5. The van der Waals surface area contributed by atoms with Gasteiger partial charge in [0.2, 0.25) is 11.8 Å². The monoisotopic (exact) mass is 522 g/mol. The van der Waals surface area contributed by atoms with Crippen LogP contribution in [0, 0.1) is 5.82 Å². The number of hydrogen-bond donors (Lipinski definition) is 1. The highest BCUT2D eigenvalue weighted by Crippen LogP contribution is 2.30. The van der Waals surface area contributed by atoms with Gasteiger partial charge in [0, 0.05) is 31.3 Å². The Morgan fingerprint density at radius 3 is 1.74 bits per heavy atom. The number of nitrogens with zero attached hydrogens (tertiary/aromatic N) is 1. The van der Waals surface area contributed by atoms with Crippen LogP contribution in [0.5, 0.6) is 0 Å². The van der Waals surface area contributed by atoms with Gasteiger partial charge in [-0.05, 0) is 48.2 Å². The molecule has 0 radical (unpaired) electrons. The van der Waals surface area contributed by atoms with Gasteiger partial charge in [0.15, 0.2) is 0 Å². The van der Waals surface area contributed by atoms with Crippen LogP contribution in [-0.2, 0) is 22.6 Å². The van der Waals surface area contributed by atoms with Crippen molar-refractivity contribution in [3.63, 3.8) is 0 Å². The summed E-state index contributed by atoms with van der Waals surface area (Å²) in [5.74, 6) is -0.874. The van der Waals surface area contributed by atoms with Crippen LogP contribution in [0.2, 0.25) is 0 Å². The second-order valence-corrected chi connectivity index (χ2v) is 10.1. The summed E-state index contributed by atoms with van der Waals surface area (Å²) >= 11 is 0. The first-order valence-corrected chi connectivity index (χ1v) is 13.4. The van der Waals surface area contributed by atoms with Gasteiger partial charge in [-0.25, -0.2) is 4.39 Å². The van der Waals surface area contributed by atoms with E-state index in [9.17, 15) is 14.0 Å². The Morgan fingerprint density at radius 2 is 1.23 bits per heavy atom. The zero-order chi connectivity index (χ0) is 27.6. The number of amides is 2. The molecule has 200 valence electrons. The van der Waals surface area contributed by atoms with Crippen LogP contribution in [0.4, 0.5) is 4.39 Å². The Morgan fingerprint density at radius 1 is 0.718 bits per heavy atom. The molecule has 0 saturated carbocycles. The molecule has 0 aliphatic carbocycles. The van der Waals surface area contributed by atoms with Gasteiger partial charge in [0.1, 0.15) is 11.9 Å². The van der Waals surface area contributed by atoms with E-state index in [-0.39, 0.29) is 42.6 Å². The highest BCUT2D eigenvalue weighted by Gasteiger charge is 2.32. The minimum absolute atomic E-state index is 0.0834.